The second-order valence-corrected chi connectivity index (χ2v) is 27.0. The van der Waals surface area contributed by atoms with Gasteiger partial charge in [-0.1, -0.05) is 30.3 Å². The number of piperidine rings is 3. The van der Waals surface area contributed by atoms with E-state index in [9.17, 15) is 33.6 Å². The minimum Gasteiger partial charge on any atom is -0.463 e. The summed E-state index contributed by atoms with van der Waals surface area (Å²) in [7, 11) is 0. The summed E-state index contributed by atoms with van der Waals surface area (Å²) in [6, 6.07) is 22.1. The average Bonchev–Trinajstić information content (AvgIpc) is 1.79. The lowest BCUT2D eigenvalue weighted by molar-refractivity contribution is -0.137. The summed E-state index contributed by atoms with van der Waals surface area (Å²) in [6.07, 6.45) is 6.72. The molecule has 3 aromatic carbocycles. The molecule has 0 radical (unpaired) electrons. The molecule has 10 aliphatic rings. The van der Waals surface area contributed by atoms with Gasteiger partial charge >= 0.3 is 0 Å². The highest BCUT2D eigenvalue weighted by atomic mass is 16.5. The van der Waals surface area contributed by atoms with E-state index in [1.165, 1.54) is 110 Å². The topological polar surface area (TPSA) is 197 Å². The SMILES string of the molecule is C[C@H]1CNCCN1CCN1CCC(CN2CCN(c3ccc4c(c3)CN(C3CCC(=O)CC3=O)C4=O)CC2)CC1.C[C@H]1CNCCN1CCN1CCC(CN2CCN(c3ccc4c(c3)CN(C3CCC(=O)NC3=O)C4=O)CC2)CC1.O=COCc1ccccc1. The van der Waals surface area contributed by atoms with Crippen LogP contribution in [0.3, 0.4) is 0 Å². The molecule has 0 aromatic heterocycles. The number of ether oxygens (including phenoxy) is 1. The fraction of sp³-hybridized carbons (Fsp3) is 0.638. The lowest BCUT2D eigenvalue weighted by Crippen LogP contribution is -2.52. The monoisotopic (exact) mass is 1240 g/mol. The number of nitrogens with one attached hydrogen (secondary N) is 3. The Hall–Kier alpha value is -6.17. The minimum atomic E-state index is -0.563. The molecule has 9 aliphatic heterocycles. The first-order chi connectivity index (χ1) is 43.8. The molecule has 4 atom stereocenters. The first-order valence-electron chi connectivity index (χ1n) is 34.0. The van der Waals surface area contributed by atoms with Gasteiger partial charge in [0.05, 0.1) is 12.5 Å². The highest BCUT2D eigenvalue weighted by Gasteiger charge is 2.41. The van der Waals surface area contributed by atoms with Crippen LogP contribution in [0.2, 0.25) is 0 Å². The maximum atomic E-state index is 13.0. The quantitative estimate of drug-likeness (QED) is 0.101. The van der Waals surface area contributed by atoms with Gasteiger partial charge in [0.2, 0.25) is 11.8 Å². The van der Waals surface area contributed by atoms with Crippen LogP contribution in [-0.4, -0.2) is 262 Å². The third-order valence-electron chi connectivity index (χ3n) is 21.0. The maximum Gasteiger partial charge on any atom is 0.293 e. The fourth-order valence-electron chi connectivity index (χ4n) is 15.3. The third kappa shape index (κ3) is 16.9. The van der Waals surface area contributed by atoms with Gasteiger partial charge < -0.3 is 44.8 Å². The van der Waals surface area contributed by atoms with Crippen LogP contribution in [0.1, 0.15) is 109 Å². The Balaban J connectivity index is 0.000000160. The van der Waals surface area contributed by atoms with Gasteiger partial charge in [0, 0.05) is 191 Å². The van der Waals surface area contributed by atoms with Gasteiger partial charge in [-0.25, -0.2) is 0 Å². The van der Waals surface area contributed by atoms with Crippen molar-refractivity contribution in [2.45, 2.75) is 115 Å². The van der Waals surface area contributed by atoms with E-state index in [2.05, 4.69) is 98.0 Å². The van der Waals surface area contributed by atoms with Crippen molar-refractivity contribution in [1.29, 1.82) is 0 Å². The molecule has 90 heavy (non-hydrogen) atoms. The molecular formula is C69H99N13O8. The van der Waals surface area contributed by atoms with Crippen molar-refractivity contribution in [3.05, 3.63) is 94.5 Å². The zero-order chi connectivity index (χ0) is 62.5. The Kier molecular flexibility index (Phi) is 22.8. The predicted octanol–water partition coefficient (Wildman–Crippen LogP) is 3.40. The van der Waals surface area contributed by atoms with Gasteiger partial charge in [0.1, 0.15) is 18.4 Å². The molecule has 3 N–H and O–H groups in total. The highest BCUT2D eigenvalue weighted by Crippen LogP contribution is 2.34. The lowest BCUT2D eigenvalue weighted by Gasteiger charge is -2.40. The number of likely N-dealkylation sites (tertiary alicyclic amines) is 2. The Bertz CT molecular complexity index is 2770. The Morgan fingerprint density at radius 2 is 1.01 bits per heavy atom. The zero-order valence-corrected chi connectivity index (χ0v) is 53.6. The number of amides is 4. The van der Waals surface area contributed by atoms with Crippen molar-refractivity contribution in [3.8, 4) is 0 Å². The molecule has 21 heteroatoms. The van der Waals surface area contributed by atoms with Gasteiger partial charge in [0.15, 0.2) is 5.78 Å². The molecule has 13 rings (SSSR count). The smallest absolute Gasteiger partial charge is 0.293 e. The summed E-state index contributed by atoms with van der Waals surface area (Å²) in [6.45, 7) is 33.6. The van der Waals surface area contributed by atoms with Crippen LogP contribution in [0.4, 0.5) is 11.4 Å². The van der Waals surface area contributed by atoms with Crippen molar-refractivity contribution < 1.29 is 38.3 Å². The van der Waals surface area contributed by atoms with E-state index in [0.29, 0.717) is 68.6 Å². The molecule has 488 valence electrons. The molecular weight excluding hydrogens is 1140 g/mol. The second kappa shape index (κ2) is 31.4. The van der Waals surface area contributed by atoms with Crippen LogP contribution in [0.5, 0.6) is 0 Å². The number of nitrogens with zero attached hydrogens (tertiary/aromatic N) is 10. The molecule has 2 unspecified atom stereocenters. The minimum absolute atomic E-state index is 0.00616. The number of rotatable bonds is 17. The summed E-state index contributed by atoms with van der Waals surface area (Å²) >= 11 is 0. The average molecular weight is 1240 g/mol. The first kappa shape index (κ1) is 65.3. The Labute approximate surface area is 533 Å². The van der Waals surface area contributed by atoms with Gasteiger partial charge in [-0.2, -0.15) is 0 Å². The molecule has 8 fully saturated rings. The van der Waals surface area contributed by atoms with E-state index in [-0.39, 0.29) is 48.0 Å². The number of hydrogen-bond acceptors (Lipinski definition) is 18. The molecule has 7 saturated heterocycles. The predicted molar refractivity (Wildman–Crippen MR) is 347 cm³/mol. The summed E-state index contributed by atoms with van der Waals surface area (Å²) in [5.41, 5.74) is 6.71. The second-order valence-electron chi connectivity index (χ2n) is 27.0. The largest absolute Gasteiger partial charge is 0.463 e. The summed E-state index contributed by atoms with van der Waals surface area (Å²) < 4.78 is 4.54. The third-order valence-corrected chi connectivity index (χ3v) is 21.0. The van der Waals surface area contributed by atoms with Gasteiger partial charge in [-0.15, -0.1) is 0 Å². The number of ketones is 2. The number of carbonyl (C=O) groups excluding carboxylic acids is 7. The van der Waals surface area contributed by atoms with Crippen LogP contribution < -0.4 is 25.8 Å². The molecule has 9 heterocycles. The van der Waals surface area contributed by atoms with Gasteiger partial charge in [-0.05, 0) is 143 Å². The Morgan fingerprint density at radius 1 is 0.522 bits per heavy atom. The molecule has 3 aromatic rings. The first-order valence-corrected chi connectivity index (χ1v) is 34.0. The van der Waals surface area contributed by atoms with E-state index in [4.69, 9.17) is 0 Å². The molecule has 1 saturated carbocycles. The zero-order valence-electron chi connectivity index (χ0n) is 53.6. The number of anilines is 2. The summed E-state index contributed by atoms with van der Waals surface area (Å²) in [5, 5.41) is 9.36. The van der Waals surface area contributed by atoms with Crippen LogP contribution >= 0.6 is 0 Å². The number of imide groups is 1. The van der Waals surface area contributed by atoms with Crippen molar-refractivity contribution in [1.82, 2.24) is 55.1 Å². The van der Waals surface area contributed by atoms with Crippen molar-refractivity contribution in [3.63, 3.8) is 0 Å². The molecule has 0 bridgehead atoms. The van der Waals surface area contributed by atoms with E-state index >= 15 is 0 Å². The van der Waals surface area contributed by atoms with Crippen molar-refractivity contribution in [2.24, 2.45) is 11.8 Å². The van der Waals surface area contributed by atoms with Crippen LogP contribution in [-0.2, 0) is 48.4 Å². The molecule has 1 aliphatic carbocycles. The van der Waals surface area contributed by atoms with E-state index in [1.54, 1.807) is 9.80 Å². The number of fused-ring (bicyclic) bond motifs is 2. The normalized spacial score (nSPS) is 25.8. The standard InChI is InChI=1S/C31H46N6O3.C30H45N7O3.C8H8O2/c1-23-20-32-8-11-35(23)15-12-33-9-6-24(7-10-33)21-34-13-16-36(17-14-34)26-2-4-28-25(18-26)22-37(31(28)40)29-5-3-27(38)19-30(29)39;1-22-19-31-8-11-35(22)15-12-33-9-6-23(7-10-33)20-34-13-16-36(17-14-34)25-2-3-26-24(18-25)21-37(30(26)40)27-4-5-28(38)32-29(27)39;9-7-10-6-8-4-2-1-3-5-8/h2,4,18,23-24,29,32H,3,5-17,19-22H2,1H3;2-3,18,22-23,27,31H,4-17,19-21H2,1H3,(H,32,38,39);1-5,7H,6H2/t23-,29?;22-,27?;/m00./s1. The molecule has 0 spiro atoms. The van der Waals surface area contributed by atoms with Crippen LogP contribution in [0.25, 0.3) is 0 Å². The van der Waals surface area contributed by atoms with E-state index in [1.807, 2.05) is 42.5 Å². The molecule has 21 nitrogen and oxygen atoms in total. The van der Waals surface area contributed by atoms with Gasteiger partial charge in [-0.3, -0.25) is 58.5 Å². The number of benzene rings is 3. The summed E-state index contributed by atoms with van der Waals surface area (Å²) in [4.78, 5) is 108. The van der Waals surface area contributed by atoms with Crippen molar-refractivity contribution >= 4 is 53.0 Å². The van der Waals surface area contributed by atoms with Crippen molar-refractivity contribution in [2.75, 3.05) is 167 Å². The number of hydrogen-bond donors (Lipinski definition) is 3. The van der Waals surface area contributed by atoms with Gasteiger partial charge in [0.25, 0.3) is 18.3 Å². The highest BCUT2D eigenvalue weighted by molar-refractivity contribution is 6.08. The summed E-state index contributed by atoms with van der Waals surface area (Å²) in [5.74, 6) is 0.699. The Morgan fingerprint density at radius 3 is 1.48 bits per heavy atom. The fourth-order valence-corrected chi connectivity index (χ4v) is 15.3. The molecule has 4 amide bonds. The number of piperazine rings is 4. The van der Waals surface area contributed by atoms with E-state index in [0.717, 1.165) is 113 Å². The number of Topliss-reactive ketones (excluding diaryl/α,β-unsaturated/α-hetero) is 2. The lowest BCUT2D eigenvalue weighted by atomic mass is 9.92. The van der Waals surface area contributed by atoms with E-state index < -0.39 is 12.1 Å². The maximum absolute atomic E-state index is 13.0. The van der Waals surface area contributed by atoms with Crippen LogP contribution in [0.15, 0.2) is 66.7 Å². The number of carbonyl (C=O) groups is 7. The van der Waals surface area contributed by atoms with Crippen LogP contribution in [0, 0.1) is 11.8 Å².